The summed E-state index contributed by atoms with van der Waals surface area (Å²) in [6, 6.07) is 14.9. The van der Waals surface area contributed by atoms with Crippen molar-refractivity contribution in [3.63, 3.8) is 0 Å². The number of hydrogen-bond donors (Lipinski definition) is 0. The molecule has 3 nitrogen and oxygen atoms in total. The van der Waals surface area contributed by atoms with Crippen LogP contribution in [0.2, 0.25) is 0 Å². The van der Waals surface area contributed by atoms with E-state index in [0.717, 1.165) is 17.7 Å². The zero-order valence-corrected chi connectivity index (χ0v) is 14.6. The van der Waals surface area contributed by atoms with Gasteiger partial charge in [-0.1, -0.05) is 30.3 Å². The van der Waals surface area contributed by atoms with Crippen molar-refractivity contribution >= 4 is 0 Å². The highest BCUT2D eigenvalue weighted by molar-refractivity contribution is 5.38. The molecule has 29 heavy (non-hydrogen) atoms. The first-order chi connectivity index (χ1) is 13.8. The zero-order valence-electron chi connectivity index (χ0n) is 14.6. The van der Waals surface area contributed by atoms with E-state index in [4.69, 9.17) is 15.3 Å². The van der Waals surface area contributed by atoms with Gasteiger partial charge in [0.25, 0.3) is 0 Å². The van der Waals surface area contributed by atoms with Crippen molar-refractivity contribution in [3.8, 4) is 17.9 Å². The average Bonchev–Trinajstić information content (AvgIpc) is 2.67. The summed E-state index contributed by atoms with van der Waals surface area (Å²) in [5, 5.41) is 16.7. The second kappa shape index (κ2) is 9.86. The van der Waals surface area contributed by atoms with Crippen LogP contribution in [0.15, 0.2) is 54.6 Å². The Bertz CT molecular complexity index is 1040. The van der Waals surface area contributed by atoms with Gasteiger partial charge in [0, 0.05) is 24.3 Å². The summed E-state index contributed by atoms with van der Waals surface area (Å²) in [6.45, 7) is 0.214. The van der Waals surface area contributed by atoms with Crippen molar-refractivity contribution in [1.82, 2.24) is 0 Å². The molecular formula is C21H11F5N2O. The second-order valence-electron chi connectivity index (χ2n) is 5.50. The Morgan fingerprint density at radius 1 is 0.690 bits per heavy atom. The van der Waals surface area contributed by atoms with Gasteiger partial charge in [-0.25, -0.2) is 22.0 Å². The largest absolute Gasteiger partial charge is 0.489 e. The van der Waals surface area contributed by atoms with E-state index in [9.17, 15) is 22.0 Å². The Labute approximate surface area is 162 Å². The first-order valence-electron chi connectivity index (χ1n) is 7.96. The summed E-state index contributed by atoms with van der Waals surface area (Å²) >= 11 is 0. The van der Waals surface area contributed by atoms with Crippen LogP contribution < -0.4 is 4.74 Å². The molecule has 0 amide bonds. The third kappa shape index (κ3) is 5.78. The van der Waals surface area contributed by atoms with Crippen LogP contribution in [0.25, 0.3) is 0 Å². The third-order valence-electron chi connectivity index (χ3n) is 3.49. The topological polar surface area (TPSA) is 56.8 Å². The van der Waals surface area contributed by atoms with Crippen LogP contribution in [0.3, 0.4) is 0 Å². The van der Waals surface area contributed by atoms with Crippen molar-refractivity contribution in [1.29, 1.82) is 10.5 Å². The summed E-state index contributed by atoms with van der Waals surface area (Å²) in [5.74, 6) is -5.15. The highest BCUT2D eigenvalue weighted by Crippen LogP contribution is 2.21. The number of nitriles is 2. The molecule has 0 aliphatic carbocycles. The van der Waals surface area contributed by atoms with Crippen molar-refractivity contribution in [2.75, 3.05) is 0 Å². The Hall–Kier alpha value is -3.91. The predicted molar refractivity (Wildman–Crippen MR) is 92.9 cm³/mol. The summed E-state index contributed by atoms with van der Waals surface area (Å²) < 4.78 is 68.8. The van der Waals surface area contributed by atoms with Crippen molar-refractivity contribution < 1.29 is 26.7 Å². The molecule has 0 aliphatic heterocycles. The molecule has 3 aromatic rings. The molecule has 8 heteroatoms. The van der Waals surface area contributed by atoms with Crippen LogP contribution in [0.1, 0.15) is 16.7 Å². The molecule has 3 aromatic carbocycles. The SMILES string of the molecule is N#Cc1c(F)cc(F)cc1F.N#Cc1c(F)cc(OCc2ccccc2)cc1F. The Morgan fingerprint density at radius 3 is 1.59 bits per heavy atom. The van der Waals surface area contributed by atoms with Gasteiger partial charge in [0.1, 0.15) is 64.7 Å². The Kier molecular flexibility index (Phi) is 7.27. The number of nitrogens with zero attached hydrogens (tertiary/aromatic N) is 2. The number of hydrogen-bond acceptors (Lipinski definition) is 3. The fraction of sp³-hybridized carbons (Fsp3) is 0.0476. The maximum absolute atomic E-state index is 13.3. The fourth-order valence-electron chi connectivity index (χ4n) is 2.13. The van der Waals surface area contributed by atoms with Crippen LogP contribution >= 0.6 is 0 Å². The number of ether oxygens (including phenoxy) is 1. The van der Waals surface area contributed by atoms with Gasteiger partial charge in [-0.15, -0.1) is 0 Å². The third-order valence-corrected chi connectivity index (χ3v) is 3.49. The van der Waals surface area contributed by atoms with Gasteiger partial charge in [-0.05, 0) is 5.56 Å². The van der Waals surface area contributed by atoms with Crippen LogP contribution in [0.4, 0.5) is 22.0 Å². The molecule has 3 rings (SSSR count). The molecule has 0 atom stereocenters. The van der Waals surface area contributed by atoms with Gasteiger partial charge in [0.05, 0.1) is 0 Å². The molecule has 0 N–H and O–H groups in total. The molecule has 0 heterocycles. The number of halogens is 5. The van der Waals surface area contributed by atoms with E-state index < -0.39 is 40.2 Å². The highest BCUT2D eigenvalue weighted by Gasteiger charge is 2.11. The summed E-state index contributed by atoms with van der Waals surface area (Å²) in [5.41, 5.74) is -0.462. The quantitative estimate of drug-likeness (QED) is 0.552. The van der Waals surface area contributed by atoms with Gasteiger partial charge in [-0.3, -0.25) is 0 Å². The minimum atomic E-state index is -1.18. The second-order valence-corrected chi connectivity index (χ2v) is 5.50. The monoisotopic (exact) mass is 402 g/mol. The molecule has 0 spiro atoms. The van der Waals surface area contributed by atoms with Crippen LogP contribution in [-0.2, 0) is 6.61 Å². The molecule has 0 aromatic heterocycles. The maximum Gasteiger partial charge on any atom is 0.147 e. The zero-order chi connectivity index (χ0) is 21.4. The van der Waals surface area contributed by atoms with E-state index in [1.54, 1.807) is 0 Å². The maximum atomic E-state index is 13.3. The standard InChI is InChI=1S/C14H9F2NO.C7H2F3N/c15-13-6-11(7-14(16)12(13)8-17)18-9-10-4-2-1-3-5-10;8-4-1-6(9)5(3-11)7(10)2-4/h1-7H,9H2;1-2H. The van der Waals surface area contributed by atoms with E-state index in [1.807, 2.05) is 30.3 Å². The van der Waals surface area contributed by atoms with Crippen LogP contribution in [-0.4, -0.2) is 0 Å². The Balaban J connectivity index is 0.000000234. The van der Waals surface area contributed by atoms with E-state index in [-0.39, 0.29) is 12.4 Å². The minimum Gasteiger partial charge on any atom is -0.489 e. The molecule has 0 aliphatic rings. The van der Waals surface area contributed by atoms with Gasteiger partial charge in [0.15, 0.2) is 0 Å². The average molecular weight is 402 g/mol. The molecule has 0 fully saturated rings. The molecule has 0 radical (unpaired) electrons. The molecule has 0 unspecified atom stereocenters. The van der Waals surface area contributed by atoms with Crippen LogP contribution in [0, 0.1) is 51.7 Å². The first-order valence-corrected chi connectivity index (χ1v) is 7.96. The lowest BCUT2D eigenvalue weighted by molar-refractivity contribution is 0.302. The molecule has 0 saturated carbocycles. The lowest BCUT2D eigenvalue weighted by Crippen LogP contribution is -1.98. The van der Waals surface area contributed by atoms with E-state index in [0.29, 0.717) is 12.1 Å². The van der Waals surface area contributed by atoms with Crippen molar-refractivity contribution in [3.05, 3.63) is 100 Å². The first kappa shape index (κ1) is 21.4. The van der Waals surface area contributed by atoms with E-state index in [1.165, 1.54) is 12.1 Å². The van der Waals surface area contributed by atoms with Gasteiger partial charge in [-0.2, -0.15) is 10.5 Å². The van der Waals surface area contributed by atoms with Crippen molar-refractivity contribution in [2.45, 2.75) is 6.61 Å². The summed E-state index contributed by atoms with van der Waals surface area (Å²) in [6.07, 6.45) is 0. The summed E-state index contributed by atoms with van der Waals surface area (Å²) in [7, 11) is 0. The van der Waals surface area contributed by atoms with E-state index >= 15 is 0 Å². The smallest absolute Gasteiger partial charge is 0.147 e. The minimum absolute atomic E-state index is 0.0628. The normalized spacial score (nSPS) is 9.62. The van der Waals surface area contributed by atoms with Gasteiger partial charge in [0.2, 0.25) is 0 Å². The fourth-order valence-corrected chi connectivity index (χ4v) is 2.13. The highest BCUT2D eigenvalue weighted by atomic mass is 19.2. The van der Waals surface area contributed by atoms with Crippen LogP contribution in [0.5, 0.6) is 5.75 Å². The van der Waals surface area contributed by atoms with E-state index in [2.05, 4.69) is 0 Å². The molecule has 0 bridgehead atoms. The van der Waals surface area contributed by atoms with Gasteiger partial charge < -0.3 is 4.74 Å². The lowest BCUT2D eigenvalue weighted by Gasteiger charge is -2.07. The number of rotatable bonds is 3. The molecule has 0 saturated heterocycles. The van der Waals surface area contributed by atoms with Crippen molar-refractivity contribution in [2.24, 2.45) is 0 Å². The predicted octanol–water partition coefficient (Wildman–Crippen LogP) is 5.39. The number of benzene rings is 3. The van der Waals surface area contributed by atoms with Gasteiger partial charge >= 0.3 is 0 Å². The summed E-state index contributed by atoms with van der Waals surface area (Å²) in [4.78, 5) is 0. The lowest BCUT2D eigenvalue weighted by atomic mass is 10.2. The molecule has 146 valence electrons. The molecular weight excluding hydrogens is 391 g/mol. The Morgan fingerprint density at radius 2 is 1.14 bits per heavy atom.